The van der Waals surface area contributed by atoms with Crippen LogP contribution in [0.4, 0.5) is 4.39 Å². The van der Waals surface area contributed by atoms with Crippen LogP contribution in [0, 0.1) is 5.82 Å². The second kappa shape index (κ2) is 3.99. The molecular formula is C12H17FO. The van der Waals surface area contributed by atoms with Crippen molar-refractivity contribution >= 4 is 0 Å². The van der Waals surface area contributed by atoms with Crippen molar-refractivity contribution in [2.45, 2.75) is 39.5 Å². The number of halogens is 1. The fourth-order valence-electron chi connectivity index (χ4n) is 1.50. The number of hydrogen-bond donors (Lipinski definition) is 1. The molecule has 0 amide bonds. The lowest BCUT2D eigenvalue weighted by atomic mass is 9.94. The first kappa shape index (κ1) is 11.0. The van der Waals surface area contributed by atoms with Gasteiger partial charge in [-0.2, -0.15) is 0 Å². The van der Waals surface area contributed by atoms with E-state index in [1.54, 1.807) is 6.07 Å². The fourth-order valence-corrected chi connectivity index (χ4v) is 1.50. The Morgan fingerprint density at radius 1 is 1.00 bits per heavy atom. The van der Waals surface area contributed by atoms with Gasteiger partial charge in [0.2, 0.25) is 0 Å². The molecule has 1 aromatic carbocycles. The Bertz CT molecular complexity index is 300. The molecule has 1 rings (SSSR count). The molecule has 0 spiro atoms. The highest BCUT2D eigenvalue weighted by molar-refractivity contribution is 5.40. The SMILES string of the molecule is CC(C)c1cc(C(C)C)c(F)cc1O. The Labute approximate surface area is 84.6 Å². The van der Waals surface area contributed by atoms with E-state index in [4.69, 9.17) is 0 Å². The van der Waals surface area contributed by atoms with Crippen LogP contribution in [-0.4, -0.2) is 5.11 Å². The number of phenolic OH excluding ortho intramolecular Hbond substituents is 1. The lowest BCUT2D eigenvalue weighted by Crippen LogP contribution is -1.97. The number of rotatable bonds is 2. The molecule has 14 heavy (non-hydrogen) atoms. The highest BCUT2D eigenvalue weighted by Crippen LogP contribution is 2.31. The Balaban J connectivity index is 3.27. The molecule has 0 aliphatic carbocycles. The Morgan fingerprint density at radius 3 is 1.93 bits per heavy atom. The van der Waals surface area contributed by atoms with E-state index in [0.717, 1.165) is 5.56 Å². The quantitative estimate of drug-likeness (QED) is 0.763. The molecule has 2 heteroatoms. The highest BCUT2D eigenvalue weighted by atomic mass is 19.1. The molecule has 0 fully saturated rings. The summed E-state index contributed by atoms with van der Waals surface area (Å²) in [5.74, 6) is 0.102. The molecular weight excluding hydrogens is 179 g/mol. The normalized spacial score (nSPS) is 11.4. The van der Waals surface area contributed by atoms with Crippen LogP contribution in [0.15, 0.2) is 12.1 Å². The van der Waals surface area contributed by atoms with Gasteiger partial charge in [-0.1, -0.05) is 27.7 Å². The van der Waals surface area contributed by atoms with Crippen molar-refractivity contribution in [1.29, 1.82) is 0 Å². The third kappa shape index (κ3) is 2.06. The zero-order valence-corrected chi connectivity index (χ0v) is 9.13. The molecule has 1 N–H and O–H groups in total. The van der Waals surface area contributed by atoms with Crippen molar-refractivity contribution in [3.05, 3.63) is 29.1 Å². The zero-order valence-electron chi connectivity index (χ0n) is 9.13. The first-order valence-corrected chi connectivity index (χ1v) is 4.95. The van der Waals surface area contributed by atoms with E-state index in [-0.39, 0.29) is 23.4 Å². The van der Waals surface area contributed by atoms with Crippen molar-refractivity contribution in [2.24, 2.45) is 0 Å². The molecule has 1 nitrogen and oxygen atoms in total. The summed E-state index contributed by atoms with van der Waals surface area (Å²) in [6.07, 6.45) is 0. The van der Waals surface area contributed by atoms with Crippen molar-refractivity contribution in [3.8, 4) is 5.75 Å². The largest absolute Gasteiger partial charge is 0.508 e. The molecule has 0 aliphatic heterocycles. The first-order valence-electron chi connectivity index (χ1n) is 4.95. The van der Waals surface area contributed by atoms with Gasteiger partial charge in [-0.25, -0.2) is 4.39 Å². The maximum Gasteiger partial charge on any atom is 0.130 e. The summed E-state index contributed by atoms with van der Waals surface area (Å²) in [5.41, 5.74) is 1.49. The van der Waals surface area contributed by atoms with E-state index in [0.29, 0.717) is 5.56 Å². The van der Waals surface area contributed by atoms with Crippen LogP contribution in [0.2, 0.25) is 0 Å². The van der Waals surface area contributed by atoms with E-state index >= 15 is 0 Å². The van der Waals surface area contributed by atoms with Crippen LogP contribution in [0.1, 0.15) is 50.7 Å². The summed E-state index contributed by atoms with van der Waals surface area (Å²) in [6.45, 7) is 7.85. The predicted octanol–water partition coefficient (Wildman–Crippen LogP) is 3.78. The minimum Gasteiger partial charge on any atom is -0.508 e. The molecule has 0 bridgehead atoms. The van der Waals surface area contributed by atoms with Crippen molar-refractivity contribution in [1.82, 2.24) is 0 Å². The van der Waals surface area contributed by atoms with Crippen LogP contribution < -0.4 is 0 Å². The molecule has 0 radical (unpaired) electrons. The molecule has 0 aromatic heterocycles. The summed E-state index contributed by atoms with van der Waals surface area (Å²) in [4.78, 5) is 0. The third-order valence-electron chi connectivity index (χ3n) is 2.39. The maximum atomic E-state index is 13.4. The molecule has 0 heterocycles. The van der Waals surface area contributed by atoms with E-state index in [9.17, 15) is 9.50 Å². The Morgan fingerprint density at radius 2 is 1.50 bits per heavy atom. The first-order chi connectivity index (χ1) is 6.43. The van der Waals surface area contributed by atoms with Crippen molar-refractivity contribution in [3.63, 3.8) is 0 Å². The molecule has 78 valence electrons. The monoisotopic (exact) mass is 196 g/mol. The average molecular weight is 196 g/mol. The van der Waals surface area contributed by atoms with Gasteiger partial charge in [0.05, 0.1) is 0 Å². The van der Waals surface area contributed by atoms with E-state index < -0.39 is 0 Å². The van der Waals surface area contributed by atoms with E-state index in [1.165, 1.54) is 6.07 Å². The minimum atomic E-state index is -0.318. The molecule has 0 unspecified atom stereocenters. The number of hydrogen-bond acceptors (Lipinski definition) is 1. The molecule has 0 aliphatic rings. The fraction of sp³-hybridized carbons (Fsp3) is 0.500. The highest BCUT2D eigenvalue weighted by Gasteiger charge is 2.13. The lowest BCUT2D eigenvalue weighted by Gasteiger charge is -2.13. The number of aromatic hydroxyl groups is 1. The van der Waals surface area contributed by atoms with Gasteiger partial charge in [-0.05, 0) is 29.0 Å². The maximum absolute atomic E-state index is 13.4. The van der Waals surface area contributed by atoms with Gasteiger partial charge in [-0.15, -0.1) is 0 Å². The second-order valence-electron chi connectivity index (χ2n) is 4.24. The van der Waals surface area contributed by atoms with Gasteiger partial charge in [0.15, 0.2) is 0 Å². The van der Waals surface area contributed by atoms with Gasteiger partial charge < -0.3 is 5.11 Å². The van der Waals surface area contributed by atoms with E-state index in [2.05, 4.69) is 0 Å². The number of phenols is 1. The van der Waals surface area contributed by atoms with Gasteiger partial charge in [0, 0.05) is 6.07 Å². The van der Waals surface area contributed by atoms with E-state index in [1.807, 2.05) is 27.7 Å². The molecule has 1 aromatic rings. The third-order valence-corrected chi connectivity index (χ3v) is 2.39. The standard InChI is InChI=1S/C12H17FO/c1-7(2)9-5-10(8(3)4)12(14)6-11(9)13/h5-8,14H,1-4H3. The van der Waals surface area contributed by atoms with Crippen LogP contribution in [0.25, 0.3) is 0 Å². The summed E-state index contributed by atoms with van der Waals surface area (Å²) in [5, 5.41) is 9.53. The Kier molecular flexibility index (Phi) is 3.14. The summed E-state index contributed by atoms with van der Waals surface area (Å²) >= 11 is 0. The van der Waals surface area contributed by atoms with Gasteiger partial charge in [0.1, 0.15) is 11.6 Å². The average Bonchev–Trinajstić information content (AvgIpc) is 2.02. The number of benzene rings is 1. The van der Waals surface area contributed by atoms with Crippen LogP contribution in [-0.2, 0) is 0 Å². The second-order valence-corrected chi connectivity index (χ2v) is 4.24. The smallest absolute Gasteiger partial charge is 0.130 e. The zero-order chi connectivity index (χ0) is 10.9. The molecule has 0 saturated carbocycles. The van der Waals surface area contributed by atoms with Crippen LogP contribution in [0.3, 0.4) is 0 Å². The topological polar surface area (TPSA) is 20.2 Å². The van der Waals surface area contributed by atoms with Gasteiger partial charge in [0.25, 0.3) is 0 Å². The minimum absolute atomic E-state index is 0.0573. The van der Waals surface area contributed by atoms with Crippen molar-refractivity contribution in [2.75, 3.05) is 0 Å². The van der Waals surface area contributed by atoms with Gasteiger partial charge in [-0.3, -0.25) is 0 Å². The summed E-state index contributed by atoms with van der Waals surface area (Å²) in [6, 6.07) is 2.98. The lowest BCUT2D eigenvalue weighted by molar-refractivity contribution is 0.456. The summed E-state index contributed by atoms with van der Waals surface area (Å²) in [7, 11) is 0. The van der Waals surface area contributed by atoms with Crippen molar-refractivity contribution < 1.29 is 9.50 Å². The van der Waals surface area contributed by atoms with Crippen LogP contribution >= 0.6 is 0 Å². The molecule has 0 atom stereocenters. The Hall–Kier alpha value is -1.05. The van der Waals surface area contributed by atoms with Crippen LogP contribution in [0.5, 0.6) is 5.75 Å². The predicted molar refractivity (Wildman–Crippen MR) is 56.2 cm³/mol. The molecule has 0 saturated heterocycles. The van der Waals surface area contributed by atoms with Gasteiger partial charge >= 0.3 is 0 Å². The summed E-state index contributed by atoms with van der Waals surface area (Å²) < 4.78 is 13.4.